The van der Waals surface area contributed by atoms with E-state index in [2.05, 4.69) is 5.32 Å². The van der Waals surface area contributed by atoms with E-state index >= 15 is 0 Å². The summed E-state index contributed by atoms with van der Waals surface area (Å²) in [6, 6.07) is 13.0. The topological polar surface area (TPSA) is 72.2 Å². The largest absolute Gasteiger partial charge is 0.345 e. The normalized spacial score (nSPS) is 11.7. The first kappa shape index (κ1) is 15.0. The van der Waals surface area contributed by atoms with Crippen LogP contribution in [-0.4, -0.2) is 10.8 Å². The minimum atomic E-state index is -0.562. The van der Waals surface area contributed by atoms with Crippen molar-refractivity contribution in [3.05, 3.63) is 74.8 Å². The maximum atomic E-state index is 12.2. The molecule has 0 spiro atoms. The lowest BCUT2D eigenvalue weighted by Crippen LogP contribution is -2.26. The Labute approximate surface area is 126 Å². The summed E-state index contributed by atoms with van der Waals surface area (Å²) in [6.45, 7) is 1.83. The number of rotatable bonds is 4. The van der Waals surface area contributed by atoms with Gasteiger partial charge in [0.15, 0.2) is 0 Å². The van der Waals surface area contributed by atoms with E-state index in [0.29, 0.717) is 0 Å². The van der Waals surface area contributed by atoms with Crippen molar-refractivity contribution in [2.45, 2.75) is 13.0 Å². The molecule has 1 amide bonds. The number of nitrogens with one attached hydrogen (secondary N) is 1. The van der Waals surface area contributed by atoms with Crippen LogP contribution in [0.2, 0.25) is 5.02 Å². The molecule has 0 aliphatic carbocycles. The minimum absolute atomic E-state index is 0.0913. The number of nitrogens with zero attached hydrogens (tertiary/aromatic N) is 1. The summed E-state index contributed by atoms with van der Waals surface area (Å²) in [6.07, 6.45) is 0. The van der Waals surface area contributed by atoms with E-state index in [9.17, 15) is 14.9 Å². The number of carbonyl (C=O) groups is 1. The minimum Gasteiger partial charge on any atom is -0.345 e. The monoisotopic (exact) mass is 304 g/mol. The third-order valence-corrected chi connectivity index (χ3v) is 3.38. The molecular formula is C15H13ClN2O3. The van der Waals surface area contributed by atoms with E-state index in [1.165, 1.54) is 18.2 Å². The summed E-state index contributed by atoms with van der Waals surface area (Å²) in [5, 5.41) is 13.7. The fourth-order valence-electron chi connectivity index (χ4n) is 1.90. The van der Waals surface area contributed by atoms with Crippen molar-refractivity contribution in [3.8, 4) is 0 Å². The van der Waals surface area contributed by atoms with Gasteiger partial charge >= 0.3 is 0 Å². The van der Waals surface area contributed by atoms with Crippen molar-refractivity contribution >= 4 is 23.2 Å². The van der Waals surface area contributed by atoms with Gasteiger partial charge in [0, 0.05) is 12.1 Å². The number of amides is 1. The highest BCUT2D eigenvalue weighted by Crippen LogP contribution is 2.23. The second kappa shape index (κ2) is 6.37. The van der Waals surface area contributed by atoms with Crippen LogP contribution in [0.25, 0.3) is 0 Å². The van der Waals surface area contributed by atoms with Crippen LogP contribution in [-0.2, 0) is 0 Å². The molecule has 0 saturated heterocycles. The number of nitro benzene ring substituents is 1. The van der Waals surface area contributed by atoms with Crippen molar-refractivity contribution in [1.82, 2.24) is 5.32 Å². The highest BCUT2D eigenvalue weighted by atomic mass is 35.5. The Kier molecular flexibility index (Phi) is 4.55. The van der Waals surface area contributed by atoms with Crippen molar-refractivity contribution in [2.24, 2.45) is 0 Å². The molecule has 0 radical (unpaired) electrons. The Bertz CT molecular complexity index is 674. The number of carbonyl (C=O) groups excluding carboxylic acids is 1. The third-order valence-electron chi connectivity index (χ3n) is 3.05. The maximum absolute atomic E-state index is 12.2. The molecule has 6 heteroatoms. The van der Waals surface area contributed by atoms with Gasteiger partial charge in [-0.1, -0.05) is 41.9 Å². The number of non-ortho nitro benzene ring substituents is 1. The lowest BCUT2D eigenvalue weighted by Gasteiger charge is -2.14. The van der Waals surface area contributed by atoms with Crippen LogP contribution in [0.15, 0.2) is 48.5 Å². The average molecular weight is 305 g/mol. The van der Waals surface area contributed by atoms with Gasteiger partial charge in [-0.25, -0.2) is 0 Å². The summed E-state index contributed by atoms with van der Waals surface area (Å²) in [5.41, 5.74) is 0.859. The summed E-state index contributed by atoms with van der Waals surface area (Å²) >= 11 is 5.94. The molecule has 0 fully saturated rings. The molecule has 1 N–H and O–H groups in total. The Morgan fingerprint density at radius 1 is 1.24 bits per heavy atom. The summed E-state index contributed by atoms with van der Waals surface area (Å²) in [7, 11) is 0. The zero-order valence-corrected chi connectivity index (χ0v) is 12.0. The molecule has 0 aliphatic heterocycles. The fourth-order valence-corrected chi connectivity index (χ4v) is 2.10. The summed E-state index contributed by atoms with van der Waals surface area (Å²) < 4.78 is 0. The van der Waals surface area contributed by atoms with E-state index < -0.39 is 10.8 Å². The van der Waals surface area contributed by atoms with Gasteiger partial charge in [-0.2, -0.15) is 0 Å². The predicted molar refractivity (Wildman–Crippen MR) is 80.4 cm³/mol. The number of hydrogen-bond donors (Lipinski definition) is 1. The smallest absolute Gasteiger partial charge is 0.270 e. The average Bonchev–Trinajstić information content (AvgIpc) is 2.48. The molecule has 2 aromatic rings. The first-order valence-electron chi connectivity index (χ1n) is 6.29. The Morgan fingerprint density at radius 3 is 2.52 bits per heavy atom. The standard InChI is InChI=1S/C15H13ClN2O3/c1-10(11-5-3-2-4-6-11)17-15(19)13-9-12(18(20)21)7-8-14(13)16/h2-10H,1H3,(H,17,19). The number of nitro groups is 1. The number of benzene rings is 2. The lowest BCUT2D eigenvalue weighted by molar-refractivity contribution is -0.384. The Balaban J connectivity index is 2.21. The molecule has 2 rings (SSSR count). The Morgan fingerprint density at radius 2 is 1.90 bits per heavy atom. The van der Waals surface area contributed by atoms with E-state index in [1.807, 2.05) is 37.3 Å². The van der Waals surface area contributed by atoms with Gasteiger partial charge in [0.1, 0.15) is 0 Å². The van der Waals surface area contributed by atoms with Crippen LogP contribution in [0.4, 0.5) is 5.69 Å². The van der Waals surface area contributed by atoms with Crippen LogP contribution >= 0.6 is 11.6 Å². The van der Waals surface area contributed by atoms with Gasteiger partial charge in [-0.3, -0.25) is 14.9 Å². The maximum Gasteiger partial charge on any atom is 0.270 e. The number of halogens is 1. The van der Waals surface area contributed by atoms with Gasteiger partial charge in [-0.15, -0.1) is 0 Å². The van der Waals surface area contributed by atoms with Gasteiger partial charge in [-0.05, 0) is 18.6 Å². The highest BCUT2D eigenvalue weighted by molar-refractivity contribution is 6.33. The molecule has 5 nitrogen and oxygen atoms in total. The quantitative estimate of drug-likeness (QED) is 0.691. The highest BCUT2D eigenvalue weighted by Gasteiger charge is 2.17. The molecule has 1 atom stereocenters. The lowest BCUT2D eigenvalue weighted by atomic mass is 10.1. The second-order valence-corrected chi connectivity index (χ2v) is 4.93. The van der Waals surface area contributed by atoms with Crippen LogP contribution in [0.1, 0.15) is 28.9 Å². The van der Waals surface area contributed by atoms with E-state index in [1.54, 1.807) is 0 Å². The zero-order valence-electron chi connectivity index (χ0n) is 11.2. The van der Waals surface area contributed by atoms with Gasteiger partial charge < -0.3 is 5.32 Å². The van der Waals surface area contributed by atoms with Crippen LogP contribution in [0.5, 0.6) is 0 Å². The van der Waals surface area contributed by atoms with Gasteiger partial charge in [0.25, 0.3) is 11.6 Å². The number of hydrogen-bond acceptors (Lipinski definition) is 3. The van der Waals surface area contributed by atoms with E-state index in [-0.39, 0.29) is 22.3 Å². The molecule has 0 heterocycles. The molecule has 108 valence electrons. The Hall–Kier alpha value is -2.40. The van der Waals surface area contributed by atoms with Gasteiger partial charge in [0.2, 0.25) is 0 Å². The zero-order chi connectivity index (χ0) is 15.4. The van der Waals surface area contributed by atoms with Crippen molar-refractivity contribution in [1.29, 1.82) is 0 Å². The molecule has 0 saturated carbocycles. The van der Waals surface area contributed by atoms with Crippen LogP contribution in [0, 0.1) is 10.1 Å². The molecule has 0 aliphatic rings. The van der Waals surface area contributed by atoms with Gasteiger partial charge in [0.05, 0.1) is 21.6 Å². The summed E-state index contributed by atoms with van der Waals surface area (Å²) in [4.78, 5) is 22.4. The molecule has 21 heavy (non-hydrogen) atoms. The molecule has 0 bridgehead atoms. The molecular weight excluding hydrogens is 292 g/mol. The molecule has 0 aromatic heterocycles. The SMILES string of the molecule is CC(NC(=O)c1cc([N+](=O)[O-])ccc1Cl)c1ccccc1. The van der Waals surface area contributed by atoms with Crippen LogP contribution < -0.4 is 5.32 Å². The van der Waals surface area contributed by atoms with Crippen LogP contribution in [0.3, 0.4) is 0 Å². The van der Waals surface area contributed by atoms with Crippen molar-refractivity contribution < 1.29 is 9.72 Å². The molecule has 1 unspecified atom stereocenters. The predicted octanol–water partition coefficient (Wildman–Crippen LogP) is 3.74. The van der Waals surface area contributed by atoms with Crippen molar-refractivity contribution in [2.75, 3.05) is 0 Å². The second-order valence-electron chi connectivity index (χ2n) is 4.53. The van der Waals surface area contributed by atoms with Crippen molar-refractivity contribution in [3.63, 3.8) is 0 Å². The first-order valence-corrected chi connectivity index (χ1v) is 6.66. The third kappa shape index (κ3) is 3.58. The first-order chi connectivity index (χ1) is 9.99. The summed E-state index contributed by atoms with van der Waals surface area (Å²) in [5.74, 6) is -0.444. The van der Waals surface area contributed by atoms with E-state index in [4.69, 9.17) is 11.6 Å². The van der Waals surface area contributed by atoms with E-state index in [0.717, 1.165) is 5.56 Å². The molecule has 2 aromatic carbocycles. The fraction of sp³-hybridized carbons (Fsp3) is 0.133.